The van der Waals surface area contributed by atoms with Gasteiger partial charge in [0.25, 0.3) is 0 Å². The molecule has 0 fully saturated rings. The lowest BCUT2D eigenvalue weighted by Gasteiger charge is -2.06. The van der Waals surface area contributed by atoms with Crippen molar-refractivity contribution in [3.05, 3.63) is 101 Å². The Morgan fingerprint density at radius 2 is 1.69 bits per heavy atom. The number of benzene rings is 3. The lowest BCUT2D eigenvalue weighted by Crippen LogP contribution is -2.08. The summed E-state index contributed by atoms with van der Waals surface area (Å²) in [5.41, 5.74) is 1.97. The van der Waals surface area contributed by atoms with Crippen LogP contribution in [0.2, 0.25) is 0 Å². The van der Waals surface area contributed by atoms with Gasteiger partial charge in [0, 0.05) is 21.4 Å². The molecule has 0 saturated heterocycles. The highest BCUT2D eigenvalue weighted by atomic mass is 32.2. The van der Waals surface area contributed by atoms with E-state index in [1.807, 2.05) is 54.6 Å². The first-order valence-electron chi connectivity index (χ1n) is 9.02. The number of para-hydroxylation sites is 2. The van der Waals surface area contributed by atoms with Gasteiger partial charge in [0.05, 0.1) is 4.91 Å². The van der Waals surface area contributed by atoms with Gasteiger partial charge in [-0.3, -0.25) is 4.79 Å². The zero-order valence-corrected chi connectivity index (χ0v) is 15.9. The summed E-state index contributed by atoms with van der Waals surface area (Å²) < 4.78 is 11.2. The summed E-state index contributed by atoms with van der Waals surface area (Å²) in [6.07, 6.45) is 1.76. The molecule has 1 aliphatic heterocycles. The molecule has 29 heavy (non-hydrogen) atoms. The number of fused-ring (bicyclic) bond motifs is 2. The molecular weight excluding hydrogens is 384 g/mol. The summed E-state index contributed by atoms with van der Waals surface area (Å²) >= 11 is 1.42. The smallest absolute Gasteiger partial charge is 0.379 e. The highest BCUT2D eigenvalue weighted by molar-refractivity contribution is 8.04. The molecule has 0 N–H and O–H groups in total. The van der Waals surface area contributed by atoms with Gasteiger partial charge in [-0.25, -0.2) is 4.79 Å². The van der Waals surface area contributed by atoms with Crippen molar-refractivity contribution < 1.29 is 18.7 Å². The summed E-state index contributed by atoms with van der Waals surface area (Å²) in [4.78, 5) is 26.8. The van der Waals surface area contributed by atoms with Crippen molar-refractivity contribution in [1.29, 1.82) is 0 Å². The quantitative estimate of drug-likeness (QED) is 0.241. The second-order valence-corrected chi connectivity index (χ2v) is 7.60. The number of thioether (sulfide) groups is 1. The number of rotatable bonds is 3. The van der Waals surface area contributed by atoms with E-state index in [2.05, 4.69) is 0 Å². The standard InChI is InChI=1S/C24H14O4S/c25-23-17-9-3-6-12-21(17)29-22(23)14-16-8-2-5-11-19(16)28-24(26)20-13-15-7-1-4-10-18(15)27-20/h1-14H/b22-14-. The molecule has 0 amide bonds. The molecule has 0 radical (unpaired) electrons. The Hall–Kier alpha value is -3.57. The minimum absolute atomic E-state index is 0.0241. The van der Waals surface area contributed by atoms with Crippen molar-refractivity contribution in [3.8, 4) is 5.75 Å². The van der Waals surface area contributed by atoms with Crippen LogP contribution < -0.4 is 4.74 Å². The van der Waals surface area contributed by atoms with E-state index < -0.39 is 5.97 Å². The summed E-state index contributed by atoms with van der Waals surface area (Å²) in [6, 6.07) is 23.7. The van der Waals surface area contributed by atoms with Gasteiger partial charge in [0.1, 0.15) is 11.3 Å². The number of hydrogen-bond donors (Lipinski definition) is 0. The highest BCUT2D eigenvalue weighted by Gasteiger charge is 2.25. The Labute approximate surface area is 170 Å². The topological polar surface area (TPSA) is 56.5 Å². The van der Waals surface area contributed by atoms with E-state index in [-0.39, 0.29) is 11.5 Å². The van der Waals surface area contributed by atoms with Gasteiger partial charge in [0.15, 0.2) is 0 Å². The van der Waals surface area contributed by atoms with Crippen LogP contribution in [-0.4, -0.2) is 11.8 Å². The second-order valence-electron chi connectivity index (χ2n) is 6.51. The molecule has 0 atom stereocenters. The minimum Gasteiger partial charge on any atom is -0.449 e. The maximum Gasteiger partial charge on any atom is 0.379 e. The lowest BCUT2D eigenvalue weighted by molar-refractivity contribution is 0.0703. The maximum absolute atomic E-state index is 12.6. The summed E-state index contributed by atoms with van der Waals surface area (Å²) in [5, 5.41) is 0.834. The van der Waals surface area contributed by atoms with Gasteiger partial charge < -0.3 is 9.15 Å². The van der Waals surface area contributed by atoms with Crippen LogP contribution in [0.25, 0.3) is 17.0 Å². The third-order valence-corrected chi connectivity index (χ3v) is 5.71. The van der Waals surface area contributed by atoms with E-state index in [4.69, 9.17) is 9.15 Å². The van der Waals surface area contributed by atoms with Gasteiger partial charge in [-0.15, -0.1) is 0 Å². The third-order valence-electron chi connectivity index (χ3n) is 4.61. The highest BCUT2D eigenvalue weighted by Crippen LogP contribution is 2.41. The molecule has 1 aliphatic rings. The van der Waals surface area contributed by atoms with E-state index in [9.17, 15) is 9.59 Å². The largest absolute Gasteiger partial charge is 0.449 e. The number of ether oxygens (including phenoxy) is 1. The zero-order valence-electron chi connectivity index (χ0n) is 15.1. The fourth-order valence-corrected chi connectivity index (χ4v) is 4.25. The van der Waals surface area contributed by atoms with Gasteiger partial charge >= 0.3 is 5.97 Å². The molecule has 0 bridgehead atoms. The SMILES string of the molecule is O=C(Oc1ccccc1/C=C1\Sc2ccccc2C1=O)c1cc2ccccc2o1. The van der Waals surface area contributed by atoms with E-state index in [0.29, 0.717) is 27.4 Å². The Morgan fingerprint density at radius 1 is 0.931 bits per heavy atom. The van der Waals surface area contributed by atoms with Crippen molar-refractivity contribution in [3.63, 3.8) is 0 Å². The first kappa shape index (κ1) is 17.5. The predicted octanol–water partition coefficient (Wildman–Crippen LogP) is 5.98. The van der Waals surface area contributed by atoms with Gasteiger partial charge in [0.2, 0.25) is 11.5 Å². The summed E-state index contributed by atoms with van der Waals surface area (Å²) in [7, 11) is 0. The molecule has 5 heteroatoms. The average molecular weight is 398 g/mol. The number of Topliss-reactive ketones (excluding diaryl/α,β-unsaturated/α-hetero) is 1. The van der Waals surface area contributed by atoms with Crippen LogP contribution in [0, 0.1) is 0 Å². The third kappa shape index (κ3) is 3.26. The molecule has 4 nitrogen and oxygen atoms in total. The number of carbonyl (C=O) groups is 2. The Balaban J connectivity index is 1.44. The Bertz CT molecular complexity index is 1270. The van der Waals surface area contributed by atoms with Crippen LogP contribution in [0.5, 0.6) is 5.75 Å². The van der Waals surface area contributed by atoms with Crippen molar-refractivity contribution in [2.75, 3.05) is 0 Å². The first-order valence-corrected chi connectivity index (χ1v) is 9.84. The van der Waals surface area contributed by atoms with Crippen molar-refractivity contribution in [2.45, 2.75) is 4.90 Å². The van der Waals surface area contributed by atoms with Crippen LogP contribution in [-0.2, 0) is 0 Å². The molecule has 3 aromatic carbocycles. The molecule has 0 unspecified atom stereocenters. The van der Waals surface area contributed by atoms with Crippen LogP contribution in [0.4, 0.5) is 0 Å². The normalized spacial score (nSPS) is 14.3. The Kier molecular flexibility index (Phi) is 4.30. The van der Waals surface area contributed by atoms with Crippen molar-refractivity contribution >= 4 is 40.6 Å². The average Bonchev–Trinajstić information content (AvgIpc) is 3.31. The van der Waals surface area contributed by atoms with Crippen molar-refractivity contribution in [1.82, 2.24) is 0 Å². The fraction of sp³-hybridized carbons (Fsp3) is 0. The zero-order chi connectivity index (χ0) is 19.8. The van der Waals surface area contributed by atoms with Gasteiger partial charge in [-0.1, -0.05) is 60.3 Å². The van der Waals surface area contributed by atoms with E-state index in [1.54, 1.807) is 30.3 Å². The molecule has 0 saturated carbocycles. The molecule has 0 aliphatic carbocycles. The molecule has 2 heterocycles. The van der Waals surface area contributed by atoms with E-state index in [0.717, 1.165) is 10.3 Å². The van der Waals surface area contributed by atoms with Crippen LogP contribution in [0.1, 0.15) is 26.5 Å². The molecule has 5 rings (SSSR count). The molecule has 4 aromatic rings. The number of carbonyl (C=O) groups excluding carboxylic acids is 2. The molecule has 140 valence electrons. The molecule has 0 spiro atoms. The lowest BCUT2D eigenvalue weighted by atomic mass is 10.1. The van der Waals surface area contributed by atoms with E-state index in [1.165, 1.54) is 11.8 Å². The Morgan fingerprint density at radius 3 is 2.55 bits per heavy atom. The predicted molar refractivity (Wildman–Crippen MR) is 112 cm³/mol. The van der Waals surface area contributed by atoms with Crippen molar-refractivity contribution in [2.24, 2.45) is 0 Å². The maximum atomic E-state index is 12.6. The molecular formula is C24H14O4S. The van der Waals surface area contributed by atoms with Crippen LogP contribution >= 0.6 is 11.8 Å². The number of hydrogen-bond acceptors (Lipinski definition) is 5. The first-order chi connectivity index (χ1) is 14.2. The number of allylic oxidation sites excluding steroid dienone is 1. The summed E-state index contributed by atoms with van der Waals surface area (Å²) in [5.74, 6) is -0.105. The number of furan rings is 1. The molecule has 1 aromatic heterocycles. The number of esters is 1. The van der Waals surface area contributed by atoms with Crippen LogP contribution in [0.15, 0.2) is 93.1 Å². The van der Waals surface area contributed by atoms with Crippen LogP contribution in [0.3, 0.4) is 0 Å². The van der Waals surface area contributed by atoms with Gasteiger partial charge in [-0.05, 0) is 36.4 Å². The second kappa shape index (κ2) is 7.11. The monoisotopic (exact) mass is 398 g/mol. The van der Waals surface area contributed by atoms with Gasteiger partial charge in [-0.2, -0.15) is 0 Å². The fourth-order valence-electron chi connectivity index (χ4n) is 3.20. The summed E-state index contributed by atoms with van der Waals surface area (Å²) in [6.45, 7) is 0. The van der Waals surface area contributed by atoms with E-state index >= 15 is 0 Å². The minimum atomic E-state index is -0.583. The number of ketones is 1.